The molecule has 0 bridgehead atoms. The maximum atomic E-state index is 11.7. The van der Waals surface area contributed by atoms with Crippen LogP contribution >= 0.6 is 0 Å². The molecular weight excluding hydrogens is 226 g/mol. The summed E-state index contributed by atoms with van der Waals surface area (Å²) in [5.41, 5.74) is -0.431. The van der Waals surface area contributed by atoms with Crippen LogP contribution in [0.3, 0.4) is 0 Å². The Labute approximate surface area is 97.7 Å². The highest BCUT2D eigenvalue weighted by Crippen LogP contribution is 1.92. The Morgan fingerprint density at radius 3 is 2.65 bits per heavy atom. The molecule has 17 heavy (non-hydrogen) atoms. The number of aliphatic carboxylic acids is 1. The molecule has 0 aliphatic carbocycles. The maximum Gasteiger partial charge on any atom is 0.367 e. The van der Waals surface area contributed by atoms with Gasteiger partial charge in [0.1, 0.15) is 0 Å². The highest BCUT2D eigenvalue weighted by atomic mass is 16.4. The molecule has 8 heteroatoms. The van der Waals surface area contributed by atoms with E-state index < -0.39 is 11.7 Å². The van der Waals surface area contributed by atoms with Crippen molar-refractivity contribution in [1.82, 2.24) is 24.7 Å². The Kier molecular flexibility index (Phi) is 4.16. The molecule has 0 aliphatic heterocycles. The number of hydrogen-bond acceptors (Lipinski definition) is 5. The fourth-order valence-electron chi connectivity index (χ4n) is 1.04. The molecule has 1 rings (SSSR count). The van der Waals surface area contributed by atoms with Crippen LogP contribution in [-0.2, 0) is 11.3 Å². The second-order valence-electron chi connectivity index (χ2n) is 3.85. The molecule has 0 unspecified atom stereocenters. The first kappa shape index (κ1) is 13.1. The van der Waals surface area contributed by atoms with Crippen molar-refractivity contribution in [1.29, 1.82) is 0 Å². The van der Waals surface area contributed by atoms with Gasteiger partial charge in [0, 0.05) is 12.7 Å². The van der Waals surface area contributed by atoms with Gasteiger partial charge in [0.25, 0.3) is 0 Å². The first-order valence-corrected chi connectivity index (χ1v) is 5.00. The second kappa shape index (κ2) is 5.39. The van der Waals surface area contributed by atoms with Gasteiger partial charge in [-0.2, -0.15) is 9.36 Å². The third kappa shape index (κ3) is 3.52. The van der Waals surface area contributed by atoms with Gasteiger partial charge in [0.05, 0.1) is 12.1 Å². The van der Waals surface area contributed by atoms with Crippen molar-refractivity contribution in [2.75, 3.05) is 20.6 Å². The highest BCUT2D eigenvalue weighted by Gasteiger charge is 2.07. The maximum absolute atomic E-state index is 11.7. The average molecular weight is 241 g/mol. The molecule has 1 heterocycles. The van der Waals surface area contributed by atoms with E-state index >= 15 is 0 Å². The standard InChI is InChI=1S/C9H15N5O3/c1-7(8(15)16)6-14-9(17)13(10-11-14)5-4-12(2)3/h6H,4-5H2,1-3H3,(H,15,16). The van der Waals surface area contributed by atoms with Crippen LogP contribution in [0.25, 0.3) is 6.20 Å². The van der Waals surface area contributed by atoms with E-state index in [0.717, 1.165) is 10.9 Å². The molecular formula is C9H15N5O3. The normalized spacial score (nSPS) is 12.1. The molecule has 94 valence electrons. The first-order chi connectivity index (χ1) is 7.91. The number of likely N-dealkylation sites (N-methyl/N-ethyl adjacent to an activating group) is 1. The lowest BCUT2D eigenvalue weighted by molar-refractivity contribution is -0.132. The number of tetrazole rings is 1. The summed E-state index contributed by atoms with van der Waals surface area (Å²) in [6.45, 7) is 2.44. The van der Waals surface area contributed by atoms with E-state index in [1.165, 1.54) is 11.6 Å². The van der Waals surface area contributed by atoms with Gasteiger partial charge in [0.15, 0.2) is 0 Å². The molecule has 0 spiro atoms. The fraction of sp³-hybridized carbons (Fsp3) is 0.556. The summed E-state index contributed by atoms with van der Waals surface area (Å²) in [6, 6.07) is 0. The molecule has 0 saturated heterocycles. The van der Waals surface area contributed by atoms with Crippen LogP contribution in [0.2, 0.25) is 0 Å². The van der Waals surface area contributed by atoms with Gasteiger partial charge in [0.2, 0.25) is 0 Å². The van der Waals surface area contributed by atoms with Crippen molar-refractivity contribution >= 4 is 12.2 Å². The molecule has 0 amide bonds. The van der Waals surface area contributed by atoms with Crippen LogP contribution < -0.4 is 5.69 Å². The summed E-state index contributed by atoms with van der Waals surface area (Å²) in [6.07, 6.45) is 1.14. The van der Waals surface area contributed by atoms with Gasteiger partial charge in [-0.1, -0.05) is 0 Å². The summed E-state index contributed by atoms with van der Waals surface area (Å²) in [7, 11) is 3.76. The molecule has 0 aromatic carbocycles. The minimum absolute atomic E-state index is 0.0201. The van der Waals surface area contributed by atoms with E-state index in [-0.39, 0.29) is 5.57 Å². The van der Waals surface area contributed by atoms with Crippen molar-refractivity contribution < 1.29 is 9.90 Å². The summed E-state index contributed by atoms with van der Waals surface area (Å²) >= 11 is 0. The lowest BCUT2D eigenvalue weighted by Crippen LogP contribution is -2.28. The number of nitrogens with zero attached hydrogens (tertiary/aromatic N) is 5. The van der Waals surface area contributed by atoms with Crippen LogP contribution in [0.5, 0.6) is 0 Å². The SMILES string of the molecule is CC(=Cn1nnn(CCN(C)C)c1=O)C(=O)O. The van der Waals surface area contributed by atoms with Gasteiger partial charge in [-0.05, 0) is 31.4 Å². The van der Waals surface area contributed by atoms with Crippen molar-refractivity contribution in [2.45, 2.75) is 13.5 Å². The van der Waals surface area contributed by atoms with E-state index in [4.69, 9.17) is 5.11 Å². The van der Waals surface area contributed by atoms with E-state index in [0.29, 0.717) is 13.1 Å². The Hall–Kier alpha value is -1.96. The molecule has 0 aliphatic rings. The topological polar surface area (TPSA) is 93.3 Å². The summed E-state index contributed by atoms with van der Waals surface area (Å²) in [5.74, 6) is -1.10. The smallest absolute Gasteiger partial charge is 0.367 e. The Morgan fingerprint density at radius 2 is 2.12 bits per heavy atom. The summed E-state index contributed by atoms with van der Waals surface area (Å²) in [5, 5.41) is 15.9. The van der Waals surface area contributed by atoms with Gasteiger partial charge in [-0.3, -0.25) is 0 Å². The van der Waals surface area contributed by atoms with Gasteiger partial charge >= 0.3 is 11.7 Å². The van der Waals surface area contributed by atoms with Crippen molar-refractivity contribution in [2.24, 2.45) is 0 Å². The predicted molar refractivity (Wildman–Crippen MR) is 60.4 cm³/mol. The monoisotopic (exact) mass is 241 g/mol. The average Bonchev–Trinajstić information content (AvgIpc) is 2.57. The predicted octanol–water partition coefficient (Wildman–Crippen LogP) is -1.05. The molecule has 0 atom stereocenters. The Morgan fingerprint density at radius 1 is 1.47 bits per heavy atom. The third-order valence-electron chi connectivity index (χ3n) is 2.07. The molecule has 1 aromatic rings. The lowest BCUT2D eigenvalue weighted by Gasteiger charge is -2.06. The van der Waals surface area contributed by atoms with Gasteiger partial charge in [-0.15, -0.1) is 0 Å². The zero-order valence-corrected chi connectivity index (χ0v) is 9.99. The molecule has 0 fully saturated rings. The van der Waals surface area contributed by atoms with Crippen molar-refractivity contribution in [3.8, 4) is 0 Å². The zero-order valence-electron chi connectivity index (χ0n) is 9.99. The number of aromatic nitrogens is 4. The number of carboxylic acid groups (broad SMARTS) is 1. The molecule has 0 radical (unpaired) electrons. The number of carboxylic acids is 1. The Balaban J connectivity index is 2.88. The van der Waals surface area contributed by atoms with Crippen LogP contribution in [0, 0.1) is 0 Å². The van der Waals surface area contributed by atoms with Crippen LogP contribution in [0.15, 0.2) is 10.4 Å². The lowest BCUT2D eigenvalue weighted by atomic mass is 10.3. The van der Waals surface area contributed by atoms with E-state index in [9.17, 15) is 9.59 Å². The van der Waals surface area contributed by atoms with Crippen LogP contribution in [0.1, 0.15) is 6.92 Å². The largest absolute Gasteiger partial charge is 0.478 e. The van der Waals surface area contributed by atoms with Crippen LogP contribution in [0.4, 0.5) is 0 Å². The second-order valence-corrected chi connectivity index (χ2v) is 3.85. The molecule has 1 aromatic heterocycles. The number of carbonyl (C=O) groups is 1. The summed E-state index contributed by atoms with van der Waals surface area (Å²) < 4.78 is 2.10. The van der Waals surface area contributed by atoms with Gasteiger partial charge < -0.3 is 10.0 Å². The van der Waals surface area contributed by atoms with E-state index in [2.05, 4.69) is 10.4 Å². The number of rotatable bonds is 5. The fourth-order valence-corrected chi connectivity index (χ4v) is 1.04. The minimum atomic E-state index is -1.10. The summed E-state index contributed by atoms with van der Waals surface area (Å²) in [4.78, 5) is 24.2. The third-order valence-corrected chi connectivity index (χ3v) is 2.07. The van der Waals surface area contributed by atoms with Crippen molar-refractivity contribution in [3.05, 3.63) is 16.1 Å². The molecule has 8 nitrogen and oxygen atoms in total. The number of hydrogen-bond donors (Lipinski definition) is 1. The van der Waals surface area contributed by atoms with E-state index in [1.807, 2.05) is 19.0 Å². The highest BCUT2D eigenvalue weighted by molar-refractivity contribution is 5.89. The van der Waals surface area contributed by atoms with E-state index in [1.54, 1.807) is 0 Å². The molecule has 0 saturated carbocycles. The Bertz CT molecular complexity index is 485. The zero-order chi connectivity index (χ0) is 13.0. The van der Waals surface area contributed by atoms with Crippen molar-refractivity contribution in [3.63, 3.8) is 0 Å². The molecule has 1 N–H and O–H groups in total. The first-order valence-electron chi connectivity index (χ1n) is 5.00. The quantitative estimate of drug-likeness (QED) is 0.661. The van der Waals surface area contributed by atoms with Crippen LogP contribution in [-0.4, -0.2) is 56.4 Å². The minimum Gasteiger partial charge on any atom is -0.478 e. The van der Waals surface area contributed by atoms with Gasteiger partial charge in [-0.25, -0.2) is 9.59 Å².